The average Bonchev–Trinajstić information content (AvgIpc) is 3.03. The first-order valence-corrected chi connectivity index (χ1v) is 11.2. The summed E-state index contributed by atoms with van der Waals surface area (Å²) in [5.41, 5.74) is 0.381. The van der Waals surface area contributed by atoms with E-state index < -0.39 is 35.5 Å². The number of nitrogens with zero attached hydrogens (tertiary/aromatic N) is 3. The molecule has 170 valence electrons. The van der Waals surface area contributed by atoms with Gasteiger partial charge in [0, 0.05) is 38.6 Å². The van der Waals surface area contributed by atoms with Crippen molar-refractivity contribution < 1.29 is 23.6 Å². The van der Waals surface area contributed by atoms with Crippen LogP contribution >= 0.6 is 0 Å². The van der Waals surface area contributed by atoms with Gasteiger partial charge in [-0.05, 0) is 44.5 Å². The maximum atomic E-state index is 15.0. The van der Waals surface area contributed by atoms with E-state index in [0.717, 1.165) is 50.0 Å². The smallest absolute Gasteiger partial charge is 0.262 e. The number of nitrogens with one attached hydrogen (secondary N) is 2. The lowest BCUT2D eigenvalue weighted by molar-refractivity contribution is -0.136. The van der Waals surface area contributed by atoms with Crippen molar-refractivity contribution in [2.45, 2.75) is 37.8 Å². The molecule has 9 nitrogen and oxygen atoms in total. The molecule has 3 fully saturated rings. The molecule has 0 aliphatic carbocycles. The quantitative estimate of drug-likeness (QED) is 0.639. The lowest BCUT2D eigenvalue weighted by Crippen LogP contribution is -2.54. The van der Waals surface area contributed by atoms with E-state index in [1.807, 2.05) is 4.90 Å². The van der Waals surface area contributed by atoms with Gasteiger partial charge in [-0.1, -0.05) is 0 Å². The summed E-state index contributed by atoms with van der Waals surface area (Å²) >= 11 is 0. The Morgan fingerprint density at radius 1 is 0.875 bits per heavy atom. The van der Waals surface area contributed by atoms with Gasteiger partial charge in [-0.2, -0.15) is 0 Å². The molecule has 1 atom stereocenters. The molecule has 1 aromatic carbocycles. The number of hydrogen-bond acceptors (Lipinski definition) is 7. The van der Waals surface area contributed by atoms with Gasteiger partial charge >= 0.3 is 0 Å². The van der Waals surface area contributed by atoms with Crippen LogP contribution < -0.4 is 15.5 Å². The molecular formula is C22H26FN5O4. The fourth-order valence-electron chi connectivity index (χ4n) is 5.22. The third-order valence-corrected chi connectivity index (χ3v) is 6.99. The van der Waals surface area contributed by atoms with E-state index in [2.05, 4.69) is 15.5 Å². The van der Waals surface area contributed by atoms with E-state index in [1.165, 1.54) is 6.07 Å². The highest BCUT2D eigenvalue weighted by Gasteiger charge is 2.45. The van der Waals surface area contributed by atoms with Crippen molar-refractivity contribution in [2.75, 3.05) is 44.2 Å². The number of carbonyl (C=O) groups is 4. The molecule has 3 saturated heterocycles. The van der Waals surface area contributed by atoms with Crippen molar-refractivity contribution in [3.63, 3.8) is 0 Å². The van der Waals surface area contributed by atoms with Gasteiger partial charge in [0.25, 0.3) is 11.8 Å². The molecule has 0 bridgehead atoms. The van der Waals surface area contributed by atoms with Gasteiger partial charge < -0.3 is 10.2 Å². The average molecular weight is 443 g/mol. The number of imide groups is 2. The standard InChI is InChI=1S/C22H26FN5O4/c23-16-11-14-15(22(32)28(21(14)31)17-1-2-19(29)25-20(17)30)12-18(16)27-9-7-26(8-10-27)13-3-5-24-6-4-13/h11-13,17,24H,1-10H2,(H,25,29,30). The zero-order valence-electron chi connectivity index (χ0n) is 17.7. The van der Waals surface area contributed by atoms with Gasteiger partial charge in [0.2, 0.25) is 11.8 Å². The molecule has 4 aliphatic heterocycles. The Morgan fingerprint density at radius 2 is 1.53 bits per heavy atom. The molecule has 4 heterocycles. The summed E-state index contributed by atoms with van der Waals surface area (Å²) in [4.78, 5) is 54.7. The number of amides is 4. The van der Waals surface area contributed by atoms with Crippen LogP contribution in [0, 0.1) is 5.82 Å². The number of carbonyl (C=O) groups excluding carboxylic acids is 4. The predicted octanol–water partition coefficient (Wildman–Crippen LogP) is 0.101. The van der Waals surface area contributed by atoms with E-state index in [-0.39, 0.29) is 24.0 Å². The minimum atomic E-state index is -1.06. The SMILES string of the molecule is O=C1CCC(N2C(=O)c3cc(F)c(N4CCN(C5CCNCC5)CC4)cc3C2=O)C(=O)N1. The molecule has 0 saturated carbocycles. The van der Waals surface area contributed by atoms with Gasteiger partial charge in [-0.3, -0.25) is 34.3 Å². The number of anilines is 1. The number of hydrogen-bond donors (Lipinski definition) is 2. The Bertz CT molecular complexity index is 985. The molecule has 2 N–H and O–H groups in total. The van der Waals surface area contributed by atoms with Crippen molar-refractivity contribution in [3.8, 4) is 0 Å². The number of halogens is 1. The van der Waals surface area contributed by atoms with E-state index in [1.54, 1.807) is 0 Å². The van der Waals surface area contributed by atoms with E-state index >= 15 is 4.39 Å². The van der Waals surface area contributed by atoms with Crippen LogP contribution in [0.25, 0.3) is 0 Å². The summed E-state index contributed by atoms with van der Waals surface area (Å²) < 4.78 is 15.0. The molecule has 4 amide bonds. The van der Waals surface area contributed by atoms with Crippen LogP contribution in [0.3, 0.4) is 0 Å². The minimum Gasteiger partial charge on any atom is -0.367 e. The fourth-order valence-corrected chi connectivity index (χ4v) is 5.22. The van der Waals surface area contributed by atoms with Crippen LogP contribution in [0.15, 0.2) is 12.1 Å². The first-order valence-electron chi connectivity index (χ1n) is 11.2. The number of benzene rings is 1. The van der Waals surface area contributed by atoms with Crippen molar-refractivity contribution in [2.24, 2.45) is 0 Å². The Hall–Kier alpha value is -2.85. The summed E-state index contributed by atoms with van der Waals surface area (Å²) in [5, 5.41) is 5.53. The first kappa shape index (κ1) is 21.0. The van der Waals surface area contributed by atoms with Gasteiger partial charge in [0.1, 0.15) is 11.9 Å². The summed E-state index contributed by atoms with van der Waals surface area (Å²) in [6.45, 7) is 4.94. The number of piperazine rings is 1. The van der Waals surface area contributed by atoms with E-state index in [9.17, 15) is 19.2 Å². The fraction of sp³-hybridized carbons (Fsp3) is 0.545. The molecule has 0 spiro atoms. The van der Waals surface area contributed by atoms with Gasteiger partial charge in [-0.15, -0.1) is 0 Å². The topological polar surface area (TPSA) is 102 Å². The van der Waals surface area contributed by atoms with Crippen LogP contribution in [0.5, 0.6) is 0 Å². The van der Waals surface area contributed by atoms with Gasteiger partial charge in [0.15, 0.2) is 0 Å². The number of piperidine rings is 2. The Kier molecular flexibility index (Phi) is 5.42. The van der Waals surface area contributed by atoms with Crippen molar-refractivity contribution in [1.29, 1.82) is 0 Å². The first-order chi connectivity index (χ1) is 15.4. The van der Waals surface area contributed by atoms with Crippen LogP contribution in [0.2, 0.25) is 0 Å². The monoisotopic (exact) mass is 443 g/mol. The molecule has 32 heavy (non-hydrogen) atoms. The van der Waals surface area contributed by atoms with E-state index in [4.69, 9.17) is 0 Å². The predicted molar refractivity (Wildman–Crippen MR) is 113 cm³/mol. The van der Waals surface area contributed by atoms with Gasteiger partial charge in [0.05, 0.1) is 16.8 Å². The Morgan fingerprint density at radius 3 is 2.19 bits per heavy atom. The van der Waals surface area contributed by atoms with Crippen molar-refractivity contribution in [3.05, 3.63) is 29.1 Å². The molecule has 1 unspecified atom stereocenters. The lowest BCUT2D eigenvalue weighted by atomic mass is 10.0. The van der Waals surface area contributed by atoms with Crippen molar-refractivity contribution >= 4 is 29.3 Å². The second-order valence-electron chi connectivity index (χ2n) is 8.80. The summed E-state index contributed by atoms with van der Waals surface area (Å²) in [5.74, 6) is -2.97. The van der Waals surface area contributed by atoms with Crippen LogP contribution in [-0.4, -0.2) is 84.8 Å². The molecule has 4 aliphatic rings. The molecular weight excluding hydrogens is 417 g/mol. The highest BCUT2D eigenvalue weighted by Crippen LogP contribution is 2.33. The molecule has 0 radical (unpaired) electrons. The Labute approximate surface area is 184 Å². The normalized spacial score (nSPS) is 25.3. The molecule has 1 aromatic rings. The molecule has 0 aromatic heterocycles. The molecule has 10 heteroatoms. The van der Waals surface area contributed by atoms with Crippen LogP contribution in [0.4, 0.5) is 10.1 Å². The third kappa shape index (κ3) is 3.57. The summed E-state index contributed by atoms with van der Waals surface area (Å²) in [6.07, 6.45) is 2.34. The third-order valence-electron chi connectivity index (χ3n) is 6.99. The minimum absolute atomic E-state index is 0.0331. The Balaban J connectivity index is 1.34. The number of fused-ring (bicyclic) bond motifs is 1. The van der Waals surface area contributed by atoms with E-state index in [0.29, 0.717) is 24.8 Å². The molecule has 5 rings (SSSR count). The van der Waals surface area contributed by atoms with Crippen LogP contribution in [-0.2, 0) is 9.59 Å². The largest absolute Gasteiger partial charge is 0.367 e. The zero-order valence-corrected chi connectivity index (χ0v) is 17.7. The lowest BCUT2D eigenvalue weighted by Gasteiger charge is -2.41. The highest BCUT2D eigenvalue weighted by molar-refractivity contribution is 6.23. The summed E-state index contributed by atoms with van der Waals surface area (Å²) in [7, 11) is 0. The van der Waals surface area contributed by atoms with Crippen LogP contribution in [0.1, 0.15) is 46.4 Å². The van der Waals surface area contributed by atoms with Crippen molar-refractivity contribution in [1.82, 2.24) is 20.4 Å². The second-order valence-corrected chi connectivity index (χ2v) is 8.80. The zero-order chi connectivity index (χ0) is 22.4. The maximum absolute atomic E-state index is 15.0. The second kappa shape index (κ2) is 8.25. The highest BCUT2D eigenvalue weighted by atomic mass is 19.1. The number of rotatable bonds is 3. The van der Waals surface area contributed by atoms with Gasteiger partial charge in [-0.25, -0.2) is 4.39 Å². The summed E-state index contributed by atoms with van der Waals surface area (Å²) in [6, 6.07) is 2.04. The maximum Gasteiger partial charge on any atom is 0.262 e.